The summed E-state index contributed by atoms with van der Waals surface area (Å²) in [4.78, 5) is 3.85. The van der Waals surface area contributed by atoms with Crippen molar-refractivity contribution in [3.8, 4) is 0 Å². The summed E-state index contributed by atoms with van der Waals surface area (Å²) in [5.41, 5.74) is 6.42. The summed E-state index contributed by atoms with van der Waals surface area (Å²) in [6, 6.07) is 0. The number of rotatable bonds is 4. The Labute approximate surface area is 98.7 Å². The lowest BCUT2D eigenvalue weighted by atomic mass is 10.2. The van der Waals surface area contributed by atoms with Crippen LogP contribution < -0.4 is 5.73 Å². The van der Waals surface area contributed by atoms with Gasteiger partial charge in [0.25, 0.3) is 0 Å². The highest BCUT2D eigenvalue weighted by atomic mass is 79.9. The summed E-state index contributed by atoms with van der Waals surface area (Å²) in [7, 11) is 1.69. The lowest BCUT2D eigenvalue weighted by Gasteiger charge is -2.22. The Morgan fingerprint density at radius 1 is 1.67 bits per heavy atom. The first-order valence-electron chi connectivity index (χ1n) is 5.03. The van der Waals surface area contributed by atoms with Crippen LogP contribution >= 0.6 is 15.9 Å². The van der Waals surface area contributed by atoms with Crippen molar-refractivity contribution in [2.45, 2.75) is 25.6 Å². The van der Waals surface area contributed by atoms with E-state index in [-0.39, 0.29) is 6.29 Å². The lowest BCUT2D eigenvalue weighted by Crippen LogP contribution is -2.24. The van der Waals surface area contributed by atoms with Crippen molar-refractivity contribution >= 4 is 22.1 Å². The Morgan fingerprint density at radius 3 is 3.07 bits per heavy atom. The summed E-state index contributed by atoms with van der Waals surface area (Å²) in [6.07, 6.45) is 4.78. The third-order valence-electron chi connectivity index (χ3n) is 2.11. The maximum absolute atomic E-state index is 5.78. The minimum atomic E-state index is -0.101. The predicted octanol–water partition coefficient (Wildman–Crippen LogP) is 1.80. The molecule has 4 nitrogen and oxygen atoms in total. The van der Waals surface area contributed by atoms with Crippen LogP contribution in [0.3, 0.4) is 0 Å². The van der Waals surface area contributed by atoms with Gasteiger partial charge in [0.15, 0.2) is 6.29 Å². The van der Waals surface area contributed by atoms with Crippen molar-refractivity contribution < 1.29 is 9.47 Å². The first kappa shape index (κ1) is 12.7. The minimum Gasteiger partial charge on any atom is -0.399 e. The number of aliphatic imine (C=N–C) groups is 1. The van der Waals surface area contributed by atoms with E-state index in [9.17, 15) is 0 Å². The smallest absolute Gasteiger partial charge is 0.158 e. The van der Waals surface area contributed by atoms with E-state index in [1.54, 1.807) is 13.3 Å². The van der Waals surface area contributed by atoms with Crippen molar-refractivity contribution in [1.82, 2.24) is 0 Å². The van der Waals surface area contributed by atoms with Crippen LogP contribution in [0.25, 0.3) is 0 Å². The van der Waals surface area contributed by atoms with Gasteiger partial charge < -0.3 is 15.2 Å². The SMILES string of the molecule is CN=CC(Br)=C(N)COC1CCCCO1. The molecule has 0 amide bonds. The second-order valence-corrected chi connectivity index (χ2v) is 4.22. The molecule has 0 aromatic rings. The highest BCUT2D eigenvalue weighted by Gasteiger charge is 2.14. The normalized spacial score (nSPS) is 24.3. The summed E-state index contributed by atoms with van der Waals surface area (Å²) in [5, 5.41) is 0. The number of halogens is 1. The Kier molecular flexibility index (Phi) is 5.90. The summed E-state index contributed by atoms with van der Waals surface area (Å²) in [5.74, 6) is 0. The van der Waals surface area contributed by atoms with Crippen LogP contribution in [0.15, 0.2) is 15.2 Å². The maximum atomic E-state index is 5.78. The average molecular weight is 277 g/mol. The molecule has 0 aromatic carbocycles. The van der Waals surface area contributed by atoms with Crippen LogP contribution in [0.5, 0.6) is 0 Å². The van der Waals surface area contributed by atoms with Crippen LogP contribution in [0.1, 0.15) is 19.3 Å². The molecular formula is C10H17BrN2O2. The molecule has 0 aliphatic carbocycles. The highest BCUT2D eigenvalue weighted by molar-refractivity contribution is 9.12. The van der Waals surface area contributed by atoms with Crippen molar-refractivity contribution in [3.05, 3.63) is 10.2 Å². The average Bonchev–Trinajstić information content (AvgIpc) is 2.27. The largest absolute Gasteiger partial charge is 0.399 e. The van der Waals surface area contributed by atoms with Crippen LogP contribution in [0.2, 0.25) is 0 Å². The molecule has 5 heteroatoms. The number of hydrogen-bond donors (Lipinski definition) is 1. The van der Waals surface area contributed by atoms with Gasteiger partial charge in [-0.05, 0) is 35.2 Å². The van der Waals surface area contributed by atoms with Gasteiger partial charge in [-0.2, -0.15) is 0 Å². The van der Waals surface area contributed by atoms with Gasteiger partial charge in [0.2, 0.25) is 0 Å². The summed E-state index contributed by atoms with van der Waals surface area (Å²) < 4.78 is 11.7. The Bertz CT molecular complexity index is 248. The fourth-order valence-electron chi connectivity index (χ4n) is 1.29. The van der Waals surface area contributed by atoms with Gasteiger partial charge in [-0.15, -0.1) is 0 Å². The Balaban J connectivity index is 2.31. The maximum Gasteiger partial charge on any atom is 0.158 e. The predicted molar refractivity (Wildman–Crippen MR) is 64.1 cm³/mol. The number of nitrogens with zero attached hydrogens (tertiary/aromatic N) is 1. The Morgan fingerprint density at radius 2 is 2.47 bits per heavy atom. The van der Waals surface area contributed by atoms with E-state index in [4.69, 9.17) is 15.2 Å². The molecule has 0 aromatic heterocycles. The lowest BCUT2D eigenvalue weighted by molar-refractivity contribution is -0.157. The van der Waals surface area contributed by atoms with Crippen LogP contribution in [-0.4, -0.2) is 32.8 Å². The van der Waals surface area contributed by atoms with E-state index in [0.29, 0.717) is 12.3 Å². The van der Waals surface area contributed by atoms with E-state index in [0.717, 1.165) is 30.4 Å². The van der Waals surface area contributed by atoms with Crippen LogP contribution in [-0.2, 0) is 9.47 Å². The fourth-order valence-corrected chi connectivity index (χ4v) is 1.61. The van der Waals surface area contributed by atoms with Gasteiger partial charge >= 0.3 is 0 Å². The van der Waals surface area contributed by atoms with Crippen LogP contribution in [0.4, 0.5) is 0 Å². The zero-order chi connectivity index (χ0) is 11.1. The molecule has 86 valence electrons. The molecule has 1 saturated heterocycles. The Hall–Kier alpha value is -0.390. The number of ether oxygens (including phenoxy) is 2. The zero-order valence-corrected chi connectivity index (χ0v) is 10.5. The van der Waals surface area contributed by atoms with Gasteiger partial charge in [0.05, 0.1) is 16.8 Å². The van der Waals surface area contributed by atoms with Crippen LogP contribution in [0, 0.1) is 0 Å². The fraction of sp³-hybridized carbons (Fsp3) is 0.700. The van der Waals surface area contributed by atoms with E-state index >= 15 is 0 Å². The number of hydrogen-bond acceptors (Lipinski definition) is 4. The number of nitrogens with two attached hydrogens (primary N) is 1. The topological polar surface area (TPSA) is 56.8 Å². The summed E-state index contributed by atoms with van der Waals surface area (Å²) >= 11 is 3.31. The molecule has 2 N–H and O–H groups in total. The molecule has 1 aliphatic heterocycles. The molecule has 1 atom stereocenters. The quantitative estimate of drug-likeness (QED) is 0.797. The van der Waals surface area contributed by atoms with Gasteiger partial charge in [0.1, 0.15) is 0 Å². The molecule has 15 heavy (non-hydrogen) atoms. The first-order valence-corrected chi connectivity index (χ1v) is 5.83. The van der Waals surface area contributed by atoms with Crippen molar-refractivity contribution in [2.75, 3.05) is 20.3 Å². The monoisotopic (exact) mass is 276 g/mol. The molecule has 1 unspecified atom stereocenters. The van der Waals surface area contributed by atoms with E-state index < -0.39 is 0 Å². The van der Waals surface area contributed by atoms with Crippen molar-refractivity contribution in [3.63, 3.8) is 0 Å². The molecule has 1 rings (SSSR count). The second kappa shape index (κ2) is 6.98. The summed E-state index contributed by atoms with van der Waals surface area (Å²) in [6.45, 7) is 1.16. The molecule has 1 aliphatic rings. The molecule has 0 saturated carbocycles. The first-order chi connectivity index (χ1) is 7.24. The van der Waals surface area contributed by atoms with E-state index in [1.807, 2.05) is 0 Å². The molecule has 0 radical (unpaired) electrons. The van der Waals surface area contributed by atoms with Gasteiger partial charge in [-0.1, -0.05) is 0 Å². The van der Waals surface area contributed by atoms with E-state index in [2.05, 4.69) is 20.9 Å². The molecule has 0 spiro atoms. The third-order valence-corrected chi connectivity index (χ3v) is 2.83. The van der Waals surface area contributed by atoms with Crippen molar-refractivity contribution in [1.29, 1.82) is 0 Å². The third kappa shape index (κ3) is 4.77. The molecule has 1 fully saturated rings. The van der Waals surface area contributed by atoms with Gasteiger partial charge in [0, 0.05) is 19.9 Å². The van der Waals surface area contributed by atoms with E-state index in [1.165, 1.54) is 0 Å². The zero-order valence-electron chi connectivity index (χ0n) is 8.91. The minimum absolute atomic E-state index is 0.101. The van der Waals surface area contributed by atoms with Crippen molar-refractivity contribution in [2.24, 2.45) is 10.7 Å². The second-order valence-electron chi connectivity index (χ2n) is 3.37. The van der Waals surface area contributed by atoms with Gasteiger partial charge in [-0.3, -0.25) is 4.99 Å². The number of allylic oxidation sites excluding steroid dienone is 1. The molecular weight excluding hydrogens is 260 g/mol. The standard InChI is InChI=1S/C10H17BrN2O2/c1-13-6-8(11)9(12)7-15-10-4-2-3-5-14-10/h6,10H,2-5,7,12H2,1H3. The molecule has 0 bridgehead atoms. The highest BCUT2D eigenvalue weighted by Crippen LogP contribution is 2.15. The van der Waals surface area contributed by atoms with Gasteiger partial charge in [-0.25, -0.2) is 0 Å². The molecule has 1 heterocycles.